The van der Waals surface area contributed by atoms with E-state index in [1.54, 1.807) is 28.2 Å². The normalized spacial score (nSPS) is 21.2. The van der Waals surface area contributed by atoms with Gasteiger partial charge in [-0.2, -0.15) is 13.2 Å². The number of alkyl halides is 3. The van der Waals surface area contributed by atoms with Gasteiger partial charge in [0.25, 0.3) is 0 Å². The van der Waals surface area contributed by atoms with Gasteiger partial charge in [-0.05, 0) is 36.2 Å². The Morgan fingerprint density at radius 1 is 1.03 bits per heavy atom. The minimum atomic E-state index is -4.41. The molecule has 2 aliphatic rings. The minimum Gasteiger partial charge on any atom is -0.448 e. The average Bonchev–Trinajstić information content (AvgIpc) is 3.31. The Morgan fingerprint density at radius 3 is 2.37 bits per heavy atom. The smallest absolute Gasteiger partial charge is 0.416 e. The first kappa shape index (κ1) is 23.7. The number of oxazole rings is 1. The van der Waals surface area contributed by atoms with Crippen LogP contribution in [0.1, 0.15) is 35.3 Å². The van der Waals surface area contributed by atoms with Crippen LogP contribution in [-0.4, -0.2) is 58.2 Å². The maximum absolute atomic E-state index is 13.1. The number of hydrogen-bond donors (Lipinski definition) is 1. The van der Waals surface area contributed by atoms with Gasteiger partial charge in [-0.3, -0.25) is 0 Å². The summed E-state index contributed by atoms with van der Waals surface area (Å²) in [5, 5.41) is 10.2. The minimum absolute atomic E-state index is 0.201. The molecule has 0 bridgehead atoms. The van der Waals surface area contributed by atoms with Gasteiger partial charge in [0.15, 0.2) is 5.89 Å². The Kier molecular flexibility index (Phi) is 6.23. The third kappa shape index (κ3) is 5.01. The number of benzene rings is 2. The van der Waals surface area contributed by atoms with E-state index in [4.69, 9.17) is 16.0 Å². The van der Waals surface area contributed by atoms with Crippen molar-refractivity contribution in [3.05, 3.63) is 76.8 Å². The fourth-order valence-corrected chi connectivity index (χ4v) is 4.88. The Bertz CT molecular complexity index is 1210. The molecule has 2 unspecified atom stereocenters. The molecule has 0 saturated carbocycles. The fourth-order valence-electron chi connectivity index (χ4n) is 4.69. The number of aromatic nitrogens is 1. The van der Waals surface area contributed by atoms with Gasteiger partial charge in [-0.1, -0.05) is 35.9 Å². The van der Waals surface area contributed by atoms with Gasteiger partial charge in [-0.25, -0.2) is 9.78 Å². The van der Waals surface area contributed by atoms with E-state index >= 15 is 0 Å². The van der Waals surface area contributed by atoms with Crippen molar-refractivity contribution in [3.8, 4) is 11.3 Å². The van der Waals surface area contributed by atoms with Crippen molar-refractivity contribution in [2.75, 3.05) is 26.2 Å². The van der Waals surface area contributed by atoms with Crippen LogP contribution < -0.4 is 0 Å². The molecule has 184 valence electrons. The van der Waals surface area contributed by atoms with Gasteiger partial charge in [0, 0.05) is 29.6 Å². The molecule has 3 heterocycles. The van der Waals surface area contributed by atoms with E-state index in [-0.39, 0.29) is 31.0 Å². The summed E-state index contributed by atoms with van der Waals surface area (Å²) in [5.41, 5.74) is 1.41. The molecule has 2 amide bonds. The van der Waals surface area contributed by atoms with Crippen molar-refractivity contribution in [1.82, 2.24) is 14.8 Å². The molecule has 0 radical (unpaired) electrons. The summed E-state index contributed by atoms with van der Waals surface area (Å²) in [5.74, 6) is 0.00450. The zero-order chi connectivity index (χ0) is 24.7. The Labute approximate surface area is 204 Å². The Hall–Kier alpha value is -3.04. The lowest BCUT2D eigenvalue weighted by atomic mass is 9.84. The topological polar surface area (TPSA) is 69.8 Å². The summed E-state index contributed by atoms with van der Waals surface area (Å²) in [6.45, 7) is 1.25. The Balaban J connectivity index is 1.41. The molecule has 2 saturated heterocycles. The number of piperidine rings is 1. The zero-order valence-electron chi connectivity index (χ0n) is 18.6. The largest absolute Gasteiger partial charge is 0.448 e. The van der Waals surface area contributed by atoms with Gasteiger partial charge in [0.1, 0.15) is 12.0 Å². The Morgan fingerprint density at radius 2 is 1.71 bits per heavy atom. The van der Waals surface area contributed by atoms with Crippen LogP contribution in [0.4, 0.5) is 18.0 Å². The molecule has 1 N–H and O–H groups in total. The first-order valence-corrected chi connectivity index (χ1v) is 11.7. The molecule has 10 heteroatoms. The number of halogens is 4. The number of β-amino-alcohol motifs (C(OH)–C–C–N with tert-alkyl or cyclic N) is 1. The van der Waals surface area contributed by atoms with Gasteiger partial charge in [-0.15, -0.1) is 0 Å². The summed E-state index contributed by atoms with van der Waals surface area (Å²) < 4.78 is 44.9. The quantitative estimate of drug-likeness (QED) is 0.518. The van der Waals surface area contributed by atoms with Gasteiger partial charge in [0.2, 0.25) is 0 Å². The van der Waals surface area contributed by atoms with Crippen LogP contribution in [0.25, 0.3) is 11.3 Å². The van der Waals surface area contributed by atoms with Gasteiger partial charge >= 0.3 is 12.2 Å². The van der Waals surface area contributed by atoms with E-state index in [1.807, 2.05) is 12.1 Å². The third-order valence-electron chi connectivity index (χ3n) is 6.55. The molecule has 35 heavy (non-hydrogen) atoms. The van der Waals surface area contributed by atoms with E-state index < -0.39 is 17.8 Å². The summed E-state index contributed by atoms with van der Waals surface area (Å²) in [6, 6.07) is 12.1. The van der Waals surface area contributed by atoms with Crippen LogP contribution >= 0.6 is 11.6 Å². The van der Waals surface area contributed by atoms with Crippen molar-refractivity contribution in [3.63, 3.8) is 0 Å². The number of carbonyl (C=O) groups excluding carboxylic acids is 1. The molecule has 1 aromatic heterocycles. The van der Waals surface area contributed by atoms with Crippen LogP contribution in [0, 0.1) is 0 Å². The molecule has 6 nitrogen and oxygen atoms in total. The number of likely N-dealkylation sites (tertiary alicyclic amines) is 2. The monoisotopic (exact) mass is 505 g/mol. The van der Waals surface area contributed by atoms with Crippen molar-refractivity contribution in [1.29, 1.82) is 0 Å². The van der Waals surface area contributed by atoms with Gasteiger partial charge in [0.05, 0.1) is 30.7 Å². The third-order valence-corrected chi connectivity index (χ3v) is 6.79. The second kappa shape index (κ2) is 9.20. The van der Waals surface area contributed by atoms with Crippen molar-refractivity contribution >= 4 is 17.6 Å². The van der Waals surface area contributed by atoms with Crippen LogP contribution in [-0.2, 0) is 6.18 Å². The van der Waals surface area contributed by atoms with Gasteiger partial charge < -0.3 is 19.3 Å². The second-order valence-electron chi connectivity index (χ2n) is 9.08. The lowest BCUT2D eigenvalue weighted by Gasteiger charge is -2.43. The van der Waals surface area contributed by atoms with E-state index in [0.717, 1.165) is 17.7 Å². The number of nitrogens with zero attached hydrogens (tertiary/aromatic N) is 3. The lowest BCUT2D eigenvalue weighted by molar-refractivity contribution is -0.137. The van der Waals surface area contributed by atoms with Crippen LogP contribution in [0.3, 0.4) is 0 Å². The lowest BCUT2D eigenvalue weighted by Crippen LogP contribution is -2.59. The first-order chi connectivity index (χ1) is 16.7. The van der Waals surface area contributed by atoms with E-state index in [9.17, 15) is 23.1 Å². The molecule has 2 fully saturated rings. The average molecular weight is 506 g/mol. The highest BCUT2D eigenvalue weighted by Gasteiger charge is 2.39. The molecule has 0 spiro atoms. The fraction of sp³-hybridized carbons (Fsp3) is 0.360. The first-order valence-electron chi connectivity index (χ1n) is 11.3. The molecular weight excluding hydrogens is 483 g/mol. The number of amides is 2. The van der Waals surface area contributed by atoms with E-state index in [2.05, 4.69) is 4.98 Å². The molecule has 3 aromatic rings. The van der Waals surface area contributed by atoms with Crippen molar-refractivity contribution < 1.29 is 27.5 Å². The zero-order valence-corrected chi connectivity index (χ0v) is 19.3. The second-order valence-corrected chi connectivity index (χ2v) is 9.51. The van der Waals surface area contributed by atoms with E-state index in [1.165, 1.54) is 12.1 Å². The van der Waals surface area contributed by atoms with E-state index in [0.29, 0.717) is 41.7 Å². The maximum Gasteiger partial charge on any atom is 0.416 e. The SMILES string of the molecule is O=C(N1CC(O)C1)N1CC(c2ccc(C(F)(F)F)cc2)CC(c2nc(-c3cccc(Cl)c3)co2)C1. The summed E-state index contributed by atoms with van der Waals surface area (Å²) in [7, 11) is 0. The molecule has 2 aliphatic heterocycles. The maximum atomic E-state index is 13.1. The summed E-state index contributed by atoms with van der Waals surface area (Å²) >= 11 is 6.09. The number of aliphatic hydroxyl groups is 1. The van der Waals surface area contributed by atoms with Crippen LogP contribution in [0.5, 0.6) is 0 Å². The molecular formula is C25H23ClF3N3O3. The number of rotatable bonds is 3. The number of hydrogen-bond acceptors (Lipinski definition) is 4. The molecule has 5 rings (SSSR count). The molecule has 2 atom stereocenters. The summed E-state index contributed by atoms with van der Waals surface area (Å²) in [4.78, 5) is 20.9. The highest BCUT2D eigenvalue weighted by atomic mass is 35.5. The van der Waals surface area contributed by atoms with Crippen molar-refractivity contribution in [2.24, 2.45) is 0 Å². The number of urea groups is 1. The highest BCUT2D eigenvalue weighted by molar-refractivity contribution is 6.30. The highest BCUT2D eigenvalue weighted by Crippen LogP contribution is 2.38. The van der Waals surface area contributed by atoms with Crippen molar-refractivity contribution in [2.45, 2.75) is 30.5 Å². The standard InChI is InChI=1S/C25H23ClF3N3O3/c26-20-3-1-2-16(9-20)22-14-35-23(30-22)18-8-17(15-4-6-19(7-5-15)25(27,28)29)10-31(11-18)24(34)32-12-21(33)13-32/h1-7,9,14,17-18,21,33H,8,10-13H2. The van der Waals surface area contributed by atoms with Crippen LogP contribution in [0.2, 0.25) is 5.02 Å². The van der Waals surface area contributed by atoms with Crippen LogP contribution in [0.15, 0.2) is 59.2 Å². The molecule has 2 aromatic carbocycles. The number of aliphatic hydroxyl groups excluding tert-OH is 1. The predicted octanol–water partition coefficient (Wildman–Crippen LogP) is 5.38. The summed E-state index contributed by atoms with van der Waals surface area (Å²) in [6.07, 6.45) is -2.84. The molecule has 0 aliphatic carbocycles. The predicted molar refractivity (Wildman–Crippen MR) is 123 cm³/mol. The number of carbonyl (C=O) groups is 1.